The van der Waals surface area contributed by atoms with Crippen molar-refractivity contribution in [3.8, 4) is 0 Å². The Morgan fingerprint density at radius 3 is 2.26 bits per heavy atom. The third-order valence-electron chi connectivity index (χ3n) is 6.56. The summed E-state index contributed by atoms with van der Waals surface area (Å²) in [5, 5.41) is 2.92. The SMILES string of the molecule is CN(C(=O)CN1C(=O)NC(Cc2ccccc2)(c2ccccc2)C1=O)C1CCCCC1. The molecule has 2 fully saturated rings. The lowest BCUT2D eigenvalue weighted by molar-refractivity contribution is -0.140. The molecule has 4 rings (SSSR count). The van der Waals surface area contributed by atoms with E-state index in [4.69, 9.17) is 0 Å². The van der Waals surface area contributed by atoms with Gasteiger partial charge in [-0.25, -0.2) is 4.79 Å². The molecule has 1 atom stereocenters. The maximum atomic E-state index is 13.6. The normalized spacial score (nSPS) is 21.8. The average molecular weight is 420 g/mol. The van der Waals surface area contributed by atoms with Crippen LogP contribution in [0.3, 0.4) is 0 Å². The largest absolute Gasteiger partial charge is 0.341 e. The molecule has 4 amide bonds. The number of nitrogens with zero attached hydrogens (tertiary/aromatic N) is 2. The van der Waals surface area contributed by atoms with E-state index in [-0.39, 0.29) is 24.4 Å². The molecule has 2 aliphatic rings. The van der Waals surface area contributed by atoms with Crippen LogP contribution in [0.2, 0.25) is 0 Å². The first-order valence-electron chi connectivity index (χ1n) is 11.0. The van der Waals surface area contributed by atoms with E-state index in [0.29, 0.717) is 12.0 Å². The molecule has 0 aromatic heterocycles. The third kappa shape index (κ3) is 4.20. The van der Waals surface area contributed by atoms with Gasteiger partial charge in [0.1, 0.15) is 6.54 Å². The Balaban J connectivity index is 1.59. The van der Waals surface area contributed by atoms with Crippen molar-refractivity contribution in [1.29, 1.82) is 0 Å². The number of benzene rings is 2. The molecule has 1 heterocycles. The Kier molecular flexibility index (Phi) is 6.07. The Morgan fingerprint density at radius 1 is 1.00 bits per heavy atom. The summed E-state index contributed by atoms with van der Waals surface area (Å²) in [6, 6.07) is 18.6. The molecule has 1 N–H and O–H groups in total. The zero-order valence-electron chi connectivity index (χ0n) is 17.9. The number of imide groups is 1. The van der Waals surface area contributed by atoms with Crippen molar-refractivity contribution in [3.63, 3.8) is 0 Å². The number of hydrogen-bond donors (Lipinski definition) is 1. The summed E-state index contributed by atoms with van der Waals surface area (Å²) < 4.78 is 0. The van der Waals surface area contributed by atoms with Crippen molar-refractivity contribution in [3.05, 3.63) is 71.8 Å². The number of rotatable bonds is 6. The van der Waals surface area contributed by atoms with Gasteiger partial charge in [0.05, 0.1) is 0 Å². The van der Waals surface area contributed by atoms with Gasteiger partial charge < -0.3 is 10.2 Å². The zero-order chi connectivity index (χ0) is 21.8. The summed E-state index contributed by atoms with van der Waals surface area (Å²) in [6.45, 7) is -0.235. The first-order chi connectivity index (χ1) is 15.0. The summed E-state index contributed by atoms with van der Waals surface area (Å²) >= 11 is 0. The van der Waals surface area contributed by atoms with Crippen molar-refractivity contribution >= 4 is 17.8 Å². The molecule has 0 spiro atoms. The number of amides is 4. The maximum absolute atomic E-state index is 13.6. The number of carbonyl (C=O) groups excluding carboxylic acids is 3. The molecule has 2 aromatic carbocycles. The fourth-order valence-electron chi connectivity index (χ4n) is 4.73. The van der Waals surface area contributed by atoms with E-state index < -0.39 is 11.6 Å². The second-order valence-corrected chi connectivity index (χ2v) is 8.55. The predicted octanol–water partition coefficient (Wildman–Crippen LogP) is 3.47. The van der Waals surface area contributed by atoms with E-state index in [1.165, 1.54) is 6.42 Å². The minimum atomic E-state index is -1.22. The summed E-state index contributed by atoms with van der Waals surface area (Å²) in [5.74, 6) is -0.572. The molecule has 1 unspecified atom stereocenters. The van der Waals surface area contributed by atoms with Crippen LogP contribution < -0.4 is 5.32 Å². The van der Waals surface area contributed by atoms with Gasteiger partial charge in [-0.05, 0) is 24.0 Å². The summed E-state index contributed by atoms with van der Waals surface area (Å²) in [4.78, 5) is 42.3. The highest BCUT2D eigenvalue weighted by Gasteiger charge is 2.53. The maximum Gasteiger partial charge on any atom is 0.325 e. The smallest absolute Gasteiger partial charge is 0.325 e. The van der Waals surface area contributed by atoms with E-state index in [0.717, 1.165) is 36.1 Å². The third-order valence-corrected chi connectivity index (χ3v) is 6.56. The van der Waals surface area contributed by atoms with Crippen LogP contribution in [-0.4, -0.2) is 47.3 Å². The van der Waals surface area contributed by atoms with Crippen LogP contribution in [0.4, 0.5) is 4.79 Å². The van der Waals surface area contributed by atoms with Gasteiger partial charge in [-0.2, -0.15) is 0 Å². The molecule has 0 radical (unpaired) electrons. The molecule has 6 heteroatoms. The van der Waals surface area contributed by atoms with Gasteiger partial charge in [0, 0.05) is 19.5 Å². The van der Waals surface area contributed by atoms with Gasteiger partial charge in [-0.3, -0.25) is 14.5 Å². The molecular formula is C25H29N3O3. The van der Waals surface area contributed by atoms with Gasteiger partial charge in [-0.15, -0.1) is 0 Å². The van der Waals surface area contributed by atoms with Crippen LogP contribution in [0.15, 0.2) is 60.7 Å². The molecule has 1 aliphatic heterocycles. The second kappa shape index (κ2) is 8.92. The van der Waals surface area contributed by atoms with Crippen molar-refractivity contribution in [2.45, 2.75) is 50.1 Å². The molecule has 6 nitrogen and oxygen atoms in total. The average Bonchev–Trinajstić information content (AvgIpc) is 3.05. The topological polar surface area (TPSA) is 69.7 Å². The molecule has 1 saturated heterocycles. The first kappa shape index (κ1) is 21.1. The number of likely N-dealkylation sites (N-methyl/N-ethyl adjacent to an activating group) is 1. The van der Waals surface area contributed by atoms with Crippen LogP contribution in [0.5, 0.6) is 0 Å². The highest BCUT2D eigenvalue weighted by atomic mass is 16.2. The Morgan fingerprint density at radius 2 is 1.61 bits per heavy atom. The number of hydrogen-bond acceptors (Lipinski definition) is 3. The molecule has 1 aliphatic carbocycles. The van der Waals surface area contributed by atoms with E-state index in [1.807, 2.05) is 60.7 Å². The van der Waals surface area contributed by atoms with Crippen LogP contribution in [0.25, 0.3) is 0 Å². The zero-order valence-corrected chi connectivity index (χ0v) is 17.9. The standard InChI is InChI=1S/C25H29N3O3/c1-27(21-15-9-4-10-16-21)22(29)18-28-23(30)25(26-24(28)31,20-13-7-3-8-14-20)17-19-11-5-2-6-12-19/h2-3,5-8,11-14,21H,4,9-10,15-18H2,1H3,(H,26,31). The van der Waals surface area contributed by atoms with E-state index in [9.17, 15) is 14.4 Å². The highest BCUT2D eigenvalue weighted by molar-refractivity contribution is 6.09. The van der Waals surface area contributed by atoms with Crippen molar-refractivity contribution in [1.82, 2.24) is 15.1 Å². The minimum absolute atomic E-state index is 0.185. The Hall–Kier alpha value is -3.15. The quantitative estimate of drug-likeness (QED) is 0.729. The highest BCUT2D eigenvalue weighted by Crippen LogP contribution is 2.33. The monoisotopic (exact) mass is 419 g/mol. The predicted molar refractivity (Wildman–Crippen MR) is 118 cm³/mol. The fourth-order valence-corrected chi connectivity index (χ4v) is 4.73. The van der Waals surface area contributed by atoms with E-state index >= 15 is 0 Å². The van der Waals surface area contributed by atoms with Gasteiger partial charge >= 0.3 is 6.03 Å². The Bertz CT molecular complexity index is 941. The van der Waals surface area contributed by atoms with E-state index in [2.05, 4.69) is 5.32 Å². The van der Waals surface area contributed by atoms with Gasteiger partial charge in [-0.1, -0.05) is 79.9 Å². The number of carbonyl (C=O) groups is 3. The summed E-state index contributed by atoms with van der Waals surface area (Å²) in [7, 11) is 1.78. The van der Waals surface area contributed by atoms with E-state index in [1.54, 1.807) is 11.9 Å². The van der Waals surface area contributed by atoms with Gasteiger partial charge in [0.25, 0.3) is 5.91 Å². The first-order valence-corrected chi connectivity index (χ1v) is 11.0. The number of nitrogens with one attached hydrogen (secondary N) is 1. The molecule has 31 heavy (non-hydrogen) atoms. The Labute approximate surface area is 183 Å². The lowest BCUT2D eigenvalue weighted by Crippen LogP contribution is -2.48. The lowest BCUT2D eigenvalue weighted by Gasteiger charge is -2.32. The van der Waals surface area contributed by atoms with Gasteiger partial charge in [0.2, 0.25) is 5.91 Å². The minimum Gasteiger partial charge on any atom is -0.341 e. The van der Waals surface area contributed by atoms with Crippen molar-refractivity contribution in [2.24, 2.45) is 0 Å². The second-order valence-electron chi connectivity index (χ2n) is 8.55. The number of urea groups is 1. The fraction of sp³-hybridized carbons (Fsp3) is 0.400. The molecule has 162 valence electrons. The summed E-state index contributed by atoms with van der Waals surface area (Å²) in [6.07, 6.45) is 5.70. The van der Waals surface area contributed by atoms with Crippen molar-refractivity contribution in [2.75, 3.05) is 13.6 Å². The summed E-state index contributed by atoms with van der Waals surface area (Å²) in [5.41, 5.74) is 0.434. The van der Waals surface area contributed by atoms with Gasteiger partial charge in [0.15, 0.2) is 5.54 Å². The van der Waals surface area contributed by atoms with Crippen molar-refractivity contribution < 1.29 is 14.4 Å². The molecular weight excluding hydrogens is 390 g/mol. The van der Waals surface area contributed by atoms with Crippen LogP contribution in [0.1, 0.15) is 43.2 Å². The molecule has 0 bridgehead atoms. The molecule has 1 saturated carbocycles. The van der Waals surface area contributed by atoms with Crippen LogP contribution in [-0.2, 0) is 21.5 Å². The van der Waals surface area contributed by atoms with Crippen LogP contribution in [0, 0.1) is 0 Å². The lowest BCUT2D eigenvalue weighted by atomic mass is 9.83. The van der Waals surface area contributed by atoms with Crippen LogP contribution >= 0.6 is 0 Å². The molecule has 2 aromatic rings.